The van der Waals surface area contributed by atoms with Crippen LogP contribution in [0.3, 0.4) is 0 Å². The van der Waals surface area contributed by atoms with Crippen molar-refractivity contribution in [2.75, 3.05) is 10.6 Å². The minimum Gasteiger partial charge on any atom is -0.478 e. The maximum atomic E-state index is 13.6. The second kappa shape index (κ2) is 7.63. The highest BCUT2D eigenvalue weighted by molar-refractivity contribution is 7.92. The van der Waals surface area contributed by atoms with E-state index in [1.807, 2.05) is 0 Å². The quantitative estimate of drug-likeness (QED) is 0.730. The van der Waals surface area contributed by atoms with E-state index >= 15 is 0 Å². The molecule has 2 aromatic rings. The van der Waals surface area contributed by atoms with Gasteiger partial charge in [-0.3, -0.25) is 4.72 Å². The third kappa shape index (κ3) is 4.24. The van der Waals surface area contributed by atoms with Gasteiger partial charge in [-0.15, -0.1) is 11.6 Å². The van der Waals surface area contributed by atoms with Crippen LogP contribution in [0.4, 0.5) is 10.1 Å². The SMILES string of the molecule is O=C(O)c1c(F)cccc1NS(=O)(=O)c1ccc(CCCCl)cc1. The summed E-state index contributed by atoms with van der Waals surface area (Å²) in [4.78, 5) is 11.1. The molecule has 0 amide bonds. The molecule has 0 spiro atoms. The number of aryl methyl sites for hydroxylation is 1. The highest BCUT2D eigenvalue weighted by Crippen LogP contribution is 2.23. The Morgan fingerprint density at radius 2 is 1.83 bits per heavy atom. The van der Waals surface area contributed by atoms with E-state index in [1.54, 1.807) is 12.1 Å². The van der Waals surface area contributed by atoms with Gasteiger partial charge >= 0.3 is 5.97 Å². The number of halogens is 2. The number of carboxylic acid groups (broad SMARTS) is 1. The molecule has 0 saturated heterocycles. The summed E-state index contributed by atoms with van der Waals surface area (Å²) in [7, 11) is -4.03. The van der Waals surface area contributed by atoms with Crippen molar-refractivity contribution in [3.05, 3.63) is 59.4 Å². The average Bonchev–Trinajstić information content (AvgIpc) is 2.52. The summed E-state index contributed by atoms with van der Waals surface area (Å²) in [6.07, 6.45) is 1.50. The number of alkyl halides is 1. The molecule has 0 heterocycles. The minimum atomic E-state index is -4.03. The number of carboxylic acids is 1. The number of sulfonamides is 1. The summed E-state index contributed by atoms with van der Waals surface area (Å²) in [6.45, 7) is 0. The van der Waals surface area contributed by atoms with Gasteiger partial charge in [0.1, 0.15) is 11.4 Å². The summed E-state index contributed by atoms with van der Waals surface area (Å²) < 4.78 is 40.5. The largest absolute Gasteiger partial charge is 0.478 e. The van der Waals surface area contributed by atoms with E-state index in [2.05, 4.69) is 4.72 Å². The predicted molar refractivity (Wildman–Crippen MR) is 89.7 cm³/mol. The molecule has 0 aromatic heterocycles. The van der Waals surface area contributed by atoms with Crippen molar-refractivity contribution in [3.8, 4) is 0 Å². The number of nitrogens with one attached hydrogen (secondary N) is 1. The number of aromatic carboxylic acids is 1. The third-order valence-corrected chi connectivity index (χ3v) is 4.95. The first-order valence-electron chi connectivity index (χ1n) is 7.04. The first-order valence-corrected chi connectivity index (χ1v) is 9.06. The van der Waals surface area contributed by atoms with Crippen molar-refractivity contribution in [2.24, 2.45) is 0 Å². The zero-order chi connectivity index (χ0) is 17.7. The molecule has 0 aliphatic rings. The van der Waals surface area contributed by atoms with Gasteiger partial charge in [0, 0.05) is 5.88 Å². The topological polar surface area (TPSA) is 83.5 Å². The monoisotopic (exact) mass is 371 g/mol. The van der Waals surface area contributed by atoms with Crippen molar-refractivity contribution in [3.63, 3.8) is 0 Å². The zero-order valence-electron chi connectivity index (χ0n) is 12.5. The van der Waals surface area contributed by atoms with Gasteiger partial charge in [-0.25, -0.2) is 17.6 Å². The highest BCUT2D eigenvalue weighted by Gasteiger charge is 2.21. The summed E-state index contributed by atoms with van der Waals surface area (Å²) in [5, 5.41) is 9.05. The van der Waals surface area contributed by atoms with E-state index < -0.39 is 27.4 Å². The van der Waals surface area contributed by atoms with Gasteiger partial charge in [-0.05, 0) is 42.7 Å². The molecule has 8 heteroatoms. The lowest BCUT2D eigenvalue weighted by atomic mass is 10.1. The van der Waals surface area contributed by atoms with Gasteiger partial charge in [0.05, 0.1) is 10.6 Å². The molecule has 24 heavy (non-hydrogen) atoms. The van der Waals surface area contributed by atoms with Crippen LogP contribution >= 0.6 is 11.6 Å². The summed E-state index contributed by atoms with van der Waals surface area (Å²) >= 11 is 5.61. The minimum absolute atomic E-state index is 0.0438. The van der Waals surface area contributed by atoms with Gasteiger partial charge in [0.15, 0.2) is 0 Å². The van der Waals surface area contributed by atoms with E-state index in [1.165, 1.54) is 24.3 Å². The molecule has 0 saturated carbocycles. The Morgan fingerprint density at radius 3 is 2.42 bits per heavy atom. The van der Waals surface area contributed by atoms with Crippen LogP contribution in [0, 0.1) is 5.82 Å². The van der Waals surface area contributed by atoms with Crippen molar-refractivity contribution in [2.45, 2.75) is 17.7 Å². The number of anilines is 1. The molecule has 5 nitrogen and oxygen atoms in total. The average molecular weight is 372 g/mol. The van der Waals surface area contributed by atoms with E-state index in [4.69, 9.17) is 16.7 Å². The Hall–Kier alpha value is -2.12. The van der Waals surface area contributed by atoms with Crippen molar-refractivity contribution < 1.29 is 22.7 Å². The molecule has 128 valence electrons. The molecule has 0 fully saturated rings. The Kier molecular flexibility index (Phi) is 5.80. The van der Waals surface area contributed by atoms with Crippen LogP contribution in [0.5, 0.6) is 0 Å². The van der Waals surface area contributed by atoms with Crippen LogP contribution in [0.1, 0.15) is 22.3 Å². The molecule has 2 N–H and O–H groups in total. The van der Waals surface area contributed by atoms with Gasteiger partial charge in [0.25, 0.3) is 10.0 Å². The Morgan fingerprint density at radius 1 is 1.17 bits per heavy atom. The Balaban J connectivity index is 2.29. The van der Waals surface area contributed by atoms with Gasteiger partial charge in [-0.2, -0.15) is 0 Å². The normalized spacial score (nSPS) is 11.2. The molecular formula is C16H15ClFNO4S. The lowest BCUT2D eigenvalue weighted by Crippen LogP contribution is -2.16. The smallest absolute Gasteiger partial charge is 0.340 e. The molecule has 0 unspecified atom stereocenters. The maximum Gasteiger partial charge on any atom is 0.340 e. The number of carbonyl (C=O) groups is 1. The third-order valence-electron chi connectivity index (χ3n) is 3.30. The lowest BCUT2D eigenvalue weighted by molar-refractivity contribution is 0.0693. The second-order valence-corrected chi connectivity index (χ2v) is 7.07. The molecular weight excluding hydrogens is 357 g/mol. The number of hydrogen-bond donors (Lipinski definition) is 2. The predicted octanol–water partition coefficient (Wildman–Crippen LogP) is 3.50. The van der Waals surface area contributed by atoms with Gasteiger partial charge in [-0.1, -0.05) is 18.2 Å². The molecule has 0 aliphatic heterocycles. The highest BCUT2D eigenvalue weighted by atomic mass is 35.5. The second-order valence-electron chi connectivity index (χ2n) is 5.01. The fourth-order valence-corrected chi connectivity index (χ4v) is 3.34. The van der Waals surface area contributed by atoms with Gasteiger partial charge in [0.2, 0.25) is 0 Å². The Bertz CT molecular complexity index is 838. The van der Waals surface area contributed by atoms with E-state index in [0.717, 1.165) is 24.5 Å². The van der Waals surface area contributed by atoms with E-state index in [0.29, 0.717) is 5.88 Å². The zero-order valence-corrected chi connectivity index (χ0v) is 14.1. The molecule has 0 radical (unpaired) electrons. The summed E-state index contributed by atoms with van der Waals surface area (Å²) in [5.74, 6) is -2.06. The van der Waals surface area contributed by atoms with Crippen LogP contribution in [0.2, 0.25) is 0 Å². The number of hydrogen-bond acceptors (Lipinski definition) is 3. The van der Waals surface area contributed by atoms with Crippen LogP contribution in [-0.4, -0.2) is 25.4 Å². The Labute approximate surface area is 144 Å². The van der Waals surface area contributed by atoms with Crippen LogP contribution in [0.25, 0.3) is 0 Å². The fourth-order valence-electron chi connectivity index (χ4n) is 2.14. The van der Waals surface area contributed by atoms with Gasteiger partial charge < -0.3 is 5.11 Å². The van der Waals surface area contributed by atoms with Crippen LogP contribution in [-0.2, 0) is 16.4 Å². The molecule has 2 aromatic carbocycles. The van der Waals surface area contributed by atoms with E-state index in [9.17, 15) is 17.6 Å². The standard InChI is InChI=1S/C16H15ClFNO4S/c17-10-2-3-11-6-8-12(9-7-11)24(22,23)19-14-5-1-4-13(18)15(14)16(20)21/h1,4-9,19H,2-3,10H2,(H,20,21). The fraction of sp³-hybridized carbons (Fsp3) is 0.188. The van der Waals surface area contributed by atoms with Crippen LogP contribution in [0.15, 0.2) is 47.4 Å². The van der Waals surface area contributed by atoms with Crippen LogP contribution < -0.4 is 4.72 Å². The first kappa shape index (κ1) is 18.2. The number of rotatable bonds is 7. The molecule has 0 bridgehead atoms. The number of benzene rings is 2. The van der Waals surface area contributed by atoms with Crippen molar-refractivity contribution >= 4 is 33.3 Å². The van der Waals surface area contributed by atoms with Crippen molar-refractivity contribution in [1.82, 2.24) is 0 Å². The molecule has 2 rings (SSSR count). The summed E-state index contributed by atoms with van der Waals surface area (Å²) in [5.41, 5.74) is -0.111. The van der Waals surface area contributed by atoms with E-state index in [-0.39, 0.29) is 10.6 Å². The van der Waals surface area contributed by atoms with Crippen molar-refractivity contribution in [1.29, 1.82) is 0 Å². The molecule has 0 atom stereocenters. The lowest BCUT2D eigenvalue weighted by Gasteiger charge is -2.11. The molecule has 0 aliphatic carbocycles. The first-order chi connectivity index (χ1) is 11.3. The maximum absolute atomic E-state index is 13.6. The summed E-state index contributed by atoms with van der Waals surface area (Å²) in [6, 6.07) is 9.51.